The molecule has 0 amide bonds. The minimum absolute atomic E-state index is 0.222. The van der Waals surface area contributed by atoms with Crippen LogP contribution < -0.4 is 0 Å². The Morgan fingerprint density at radius 3 is 2.69 bits per heavy atom. The fourth-order valence-electron chi connectivity index (χ4n) is 1.54. The number of aliphatic carboxylic acids is 1. The van der Waals surface area contributed by atoms with E-state index in [1.165, 1.54) is 24.8 Å². The first kappa shape index (κ1) is 10.1. The topological polar surface area (TPSA) is 37.3 Å². The Morgan fingerprint density at radius 2 is 2.08 bits per heavy atom. The van der Waals surface area contributed by atoms with Crippen LogP contribution in [0.2, 0.25) is 0 Å². The van der Waals surface area contributed by atoms with E-state index in [1.54, 1.807) is 0 Å². The van der Waals surface area contributed by atoms with Crippen molar-refractivity contribution in [1.82, 2.24) is 0 Å². The van der Waals surface area contributed by atoms with Gasteiger partial charge in [-0.15, -0.1) is 5.73 Å². The van der Waals surface area contributed by atoms with Gasteiger partial charge in [-0.25, -0.2) is 0 Å². The molecule has 0 aromatic heterocycles. The zero-order chi connectivity index (χ0) is 9.52. The Kier molecular flexibility index (Phi) is 4.34. The molecule has 0 atom stereocenters. The van der Waals surface area contributed by atoms with Crippen LogP contribution in [0.3, 0.4) is 0 Å². The van der Waals surface area contributed by atoms with Crippen LogP contribution >= 0.6 is 0 Å². The summed E-state index contributed by atoms with van der Waals surface area (Å²) in [5.74, 6) is -0.730. The quantitative estimate of drug-likeness (QED) is 0.678. The first-order chi connectivity index (χ1) is 6.29. The lowest BCUT2D eigenvalue weighted by Gasteiger charge is -2.10. The van der Waals surface area contributed by atoms with Gasteiger partial charge in [-0.05, 0) is 43.8 Å². The van der Waals surface area contributed by atoms with Crippen LogP contribution in [0.1, 0.15) is 44.9 Å². The summed E-state index contributed by atoms with van der Waals surface area (Å²) in [5.41, 5.74) is 4.58. The maximum atomic E-state index is 10.2. The molecule has 0 heterocycles. The molecule has 2 heteroatoms. The van der Waals surface area contributed by atoms with Crippen LogP contribution in [0.5, 0.6) is 0 Å². The van der Waals surface area contributed by atoms with Crippen molar-refractivity contribution in [1.29, 1.82) is 0 Å². The van der Waals surface area contributed by atoms with Crippen molar-refractivity contribution in [2.45, 2.75) is 44.9 Å². The number of hydrogen-bond acceptors (Lipinski definition) is 1. The van der Waals surface area contributed by atoms with E-state index in [0.717, 1.165) is 12.8 Å². The summed E-state index contributed by atoms with van der Waals surface area (Å²) < 4.78 is 0. The van der Waals surface area contributed by atoms with Crippen LogP contribution in [0.4, 0.5) is 0 Å². The maximum absolute atomic E-state index is 10.2. The fourth-order valence-corrected chi connectivity index (χ4v) is 1.54. The third-order valence-electron chi connectivity index (χ3n) is 2.27. The van der Waals surface area contributed by atoms with E-state index >= 15 is 0 Å². The highest BCUT2D eigenvalue weighted by molar-refractivity contribution is 5.66. The molecule has 0 spiro atoms. The standard InChI is InChI=1S/C11H16O2/c12-11(13)9-5-4-8-10-6-2-1-3-7-10/h4H,1-3,5-7,9H2,(H,12,13). The van der Waals surface area contributed by atoms with Crippen molar-refractivity contribution in [2.24, 2.45) is 0 Å². The summed E-state index contributed by atoms with van der Waals surface area (Å²) in [6.45, 7) is 0. The van der Waals surface area contributed by atoms with E-state index in [1.807, 2.05) is 6.08 Å². The number of carboxylic acid groups (broad SMARTS) is 1. The summed E-state index contributed by atoms with van der Waals surface area (Å²) >= 11 is 0. The smallest absolute Gasteiger partial charge is 0.303 e. The van der Waals surface area contributed by atoms with Gasteiger partial charge < -0.3 is 5.11 Å². The maximum Gasteiger partial charge on any atom is 0.303 e. The third kappa shape index (κ3) is 4.54. The first-order valence-electron chi connectivity index (χ1n) is 4.94. The van der Waals surface area contributed by atoms with Gasteiger partial charge in [0.05, 0.1) is 0 Å². The van der Waals surface area contributed by atoms with Crippen molar-refractivity contribution in [3.63, 3.8) is 0 Å². The van der Waals surface area contributed by atoms with Gasteiger partial charge in [-0.2, -0.15) is 0 Å². The zero-order valence-corrected chi connectivity index (χ0v) is 7.88. The van der Waals surface area contributed by atoms with Crippen LogP contribution in [-0.4, -0.2) is 11.1 Å². The van der Waals surface area contributed by atoms with Crippen molar-refractivity contribution in [3.05, 3.63) is 17.4 Å². The summed E-state index contributed by atoms with van der Waals surface area (Å²) in [5, 5.41) is 8.40. The van der Waals surface area contributed by atoms with Crippen molar-refractivity contribution >= 4 is 5.97 Å². The molecule has 13 heavy (non-hydrogen) atoms. The lowest BCUT2D eigenvalue weighted by molar-refractivity contribution is -0.136. The molecule has 72 valence electrons. The Morgan fingerprint density at radius 1 is 1.38 bits per heavy atom. The Hall–Kier alpha value is -1.01. The molecule has 0 saturated heterocycles. The SMILES string of the molecule is O=C(O)CCC=C=C1CCCCC1. The highest BCUT2D eigenvalue weighted by Crippen LogP contribution is 2.21. The molecule has 0 aromatic carbocycles. The summed E-state index contributed by atoms with van der Waals surface area (Å²) in [6, 6.07) is 0. The second-order valence-corrected chi connectivity index (χ2v) is 3.45. The Balaban J connectivity index is 2.30. The van der Waals surface area contributed by atoms with Crippen LogP contribution in [-0.2, 0) is 4.79 Å². The van der Waals surface area contributed by atoms with Gasteiger partial charge >= 0.3 is 5.97 Å². The number of allylic oxidation sites excluding steroid dienone is 1. The first-order valence-corrected chi connectivity index (χ1v) is 4.94. The van der Waals surface area contributed by atoms with E-state index in [-0.39, 0.29) is 6.42 Å². The fraction of sp³-hybridized carbons (Fsp3) is 0.636. The van der Waals surface area contributed by atoms with Gasteiger partial charge in [0, 0.05) is 6.42 Å². The zero-order valence-electron chi connectivity index (χ0n) is 7.88. The number of carboxylic acids is 1. The Bertz CT molecular complexity index is 226. The second kappa shape index (κ2) is 5.60. The molecule has 0 aliphatic heterocycles. The molecule has 1 rings (SSSR count). The lowest BCUT2D eigenvalue weighted by Crippen LogP contribution is -1.92. The van der Waals surface area contributed by atoms with Crippen LogP contribution in [0.15, 0.2) is 17.4 Å². The average Bonchev–Trinajstić information content (AvgIpc) is 2.14. The van der Waals surface area contributed by atoms with E-state index in [0.29, 0.717) is 6.42 Å². The molecule has 0 aromatic rings. The van der Waals surface area contributed by atoms with Gasteiger partial charge in [0.25, 0.3) is 0 Å². The number of rotatable bonds is 3. The molecule has 1 aliphatic rings. The summed E-state index contributed by atoms with van der Waals surface area (Å²) in [4.78, 5) is 10.2. The minimum atomic E-state index is -0.730. The molecule has 1 aliphatic carbocycles. The minimum Gasteiger partial charge on any atom is -0.481 e. The number of carbonyl (C=O) groups is 1. The molecule has 1 saturated carbocycles. The highest BCUT2D eigenvalue weighted by Gasteiger charge is 2.03. The van der Waals surface area contributed by atoms with Crippen LogP contribution in [0.25, 0.3) is 0 Å². The molecule has 2 nitrogen and oxygen atoms in total. The molecular formula is C11H16O2. The second-order valence-electron chi connectivity index (χ2n) is 3.45. The van der Waals surface area contributed by atoms with Gasteiger partial charge in [-0.3, -0.25) is 4.79 Å². The monoisotopic (exact) mass is 180 g/mol. The third-order valence-corrected chi connectivity index (χ3v) is 2.27. The van der Waals surface area contributed by atoms with E-state index in [9.17, 15) is 4.79 Å². The summed E-state index contributed by atoms with van der Waals surface area (Å²) in [6.07, 6.45) is 8.89. The average molecular weight is 180 g/mol. The molecule has 0 bridgehead atoms. The predicted molar refractivity (Wildman–Crippen MR) is 51.6 cm³/mol. The van der Waals surface area contributed by atoms with Crippen molar-refractivity contribution in [2.75, 3.05) is 0 Å². The molecular weight excluding hydrogens is 164 g/mol. The molecule has 1 fully saturated rings. The molecule has 0 radical (unpaired) electrons. The predicted octanol–water partition coefficient (Wildman–Crippen LogP) is 2.90. The van der Waals surface area contributed by atoms with Crippen molar-refractivity contribution in [3.8, 4) is 0 Å². The molecule has 0 unspecified atom stereocenters. The van der Waals surface area contributed by atoms with E-state index < -0.39 is 5.97 Å². The largest absolute Gasteiger partial charge is 0.481 e. The van der Waals surface area contributed by atoms with Gasteiger partial charge in [0.15, 0.2) is 0 Å². The number of hydrogen-bond donors (Lipinski definition) is 1. The van der Waals surface area contributed by atoms with Gasteiger partial charge in [0.2, 0.25) is 0 Å². The lowest BCUT2D eigenvalue weighted by atomic mass is 9.95. The van der Waals surface area contributed by atoms with Crippen molar-refractivity contribution < 1.29 is 9.90 Å². The normalized spacial score (nSPS) is 16.5. The van der Waals surface area contributed by atoms with Crippen LogP contribution in [0, 0.1) is 0 Å². The van der Waals surface area contributed by atoms with Gasteiger partial charge in [0.1, 0.15) is 0 Å². The van der Waals surface area contributed by atoms with E-state index in [2.05, 4.69) is 5.73 Å². The Labute approximate surface area is 79.0 Å². The summed E-state index contributed by atoms with van der Waals surface area (Å²) in [7, 11) is 0. The van der Waals surface area contributed by atoms with E-state index in [4.69, 9.17) is 5.11 Å². The van der Waals surface area contributed by atoms with Gasteiger partial charge in [-0.1, -0.05) is 6.42 Å². The molecule has 1 N–H and O–H groups in total. The highest BCUT2D eigenvalue weighted by atomic mass is 16.4.